The molecule has 0 N–H and O–H groups in total. The van der Waals surface area contributed by atoms with Crippen LogP contribution in [0, 0.1) is 49.4 Å². The summed E-state index contributed by atoms with van der Waals surface area (Å²) in [4.78, 5) is 0.233. The molecule has 0 spiro atoms. The smallest absolute Gasteiger partial charge is 0.266 e. The summed E-state index contributed by atoms with van der Waals surface area (Å²) in [6.45, 7) is 3.75. The Hall–Kier alpha value is -2.26. The second-order valence-corrected chi connectivity index (χ2v) is 12.7. The first kappa shape index (κ1) is 23.5. The van der Waals surface area contributed by atoms with Gasteiger partial charge in [0.1, 0.15) is 0 Å². The van der Waals surface area contributed by atoms with Crippen LogP contribution in [-0.2, 0) is 28.6 Å². The van der Waals surface area contributed by atoms with E-state index in [1.165, 1.54) is 24.3 Å². The van der Waals surface area contributed by atoms with Gasteiger partial charge in [-0.15, -0.1) is 0 Å². The predicted octanol–water partition coefficient (Wildman–Crippen LogP) is 4.26. The molecule has 1 fully saturated rings. The highest BCUT2D eigenvalue weighted by atomic mass is 32.2. The maximum Gasteiger partial charge on any atom is 0.296 e. The first-order valence-corrected chi connectivity index (χ1v) is 14.3. The van der Waals surface area contributed by atoms with Crippen LogP contribution in [0.3, 0.4) is 0 Å². The largest absolute Gasteiger partial charge is 0.296 e. The number of hydrogen-bond donors (Lipinski definition) is 0. The second kappa shape index (κ2) is 8.75. The van der Waals surface area contributed by atoms with Gasteiger partial charge in [0, 0.05) is 0 Å². The fraction of sp³-hybridized carbons (Fsp3) is 0.385. The van der Waals surface area contributed by atoms with Crippen LogP contribution >= 0.6 is 0 Å². The van der Waals surface area contributed by atoms with Crippen molar-refractivity contribution in [2.45, 2.75) is 23.6 Å². The SMILES string of the molecule is Cc1ccc(S(=O)(=O)OC[C@@H]2[C@H]3C=C[C@H]([C@H]4C=C[C@@H]43)[C@@H]2COS(=O)(=O)c2ccc(C)cc2)cc1. The summed E-state index contributed by atoms with van der Waals surface area (Å²) >= 11 is 0. The Morgan fingerprint density at radius 2 is 0.882 bits per heavy atom. The maximum absolute atomic E-state index is 12.8. The van der Waals surface area contributed by atoms with Gasteiger partial charge in [0.25, 0.3) is 20.2 Å². The Morgan fingerprint density at radius 1 is 0.559 bits per heavy atom. The summed E-state index contributed by atoms with van der Waals surface area (Å²) < 4.78 is 62.3. The zero-order valence-corrected chi connectivity index (χ0v) is 20.7. The first-order valence-electron chi connectivity index (χ1n) is 11.4. The number of allylic oxidation sites excluding steroid dienone is 4. The molecule has 0 unspecified atom stereocenters. The van der Waals surface area contributed by atoms with Crippen LogP contribution in [0.2, 0.25) is 0 Å². The van der Waals surface area contributed by atoms with E-state index < -0.39 is 20.2 Å². The summed E-state index contributed by atoms with van der Waals surface area (Å²) in [6.07, 6.45) is 8.58. The van der Waals surface area contributed by atoms with Gasteiger partial charge in [-0.05, 0) is 73.6 Å². The standard InChI is InChI=1S/C26H28O6S2/c1-17-3-7-19(8-4-17)33(27,28)31-15-25-23-13-14-24(22-12-11-21(22)23)26(25)16-32-34(29,30)20-9-5-18(2)6-10-20/h3-14,21-26H,15-16H2,1-2H3/t21-,22-,23-,24+,25+,26-/m0/s1. The van der Waals surface area contributed by atoms with Crippen molar-refractivity contribution in [3.8, 4) is 0 Å². The lowest BCUT2D eigenvalue weighted by molar-refractivity contribution is -0.0116. The van der Waals surface area contributed by atoms with Gasteiger partial charge in [0.05, 0.1) is 23.0 Å². The summed E-state index contributed by atoms with van der Waals surface area (Å²) in [5, 5.41) is 0. The van der Waals surface area contributed by atoms with E-state index in [0.29, 0.717) is 11.8 Å². The highest BCUT2D eigenvalue weighted by Gasteiger charge is 2.53. The fourth-order valence-corrected chi connectivity index (χ4v) is 7.31. The maximum atomic E-state index is 12.8. The minimum Gasteiger partial charge on any atom is -0.266 e. The monoisotopic (exact) mass is 500 g/mol. The molecule has 6 atom stereocenters. The van der Waals surface area contributed by atoms with Crippen molar-refractivity contribution in [1.29, 1.82) is 0 Å². The molecule has 0 amide bonds. The molecule has 0 radical (unpaired) electrons. The van der Waals surface area contributed by atoms with Gasteiger partial charge >= 0.3 is 0 Å². The average Bonchev–Trinajstić information content (AvgIpc) is 2.77. The minimum absolute atomic E-state index is 0.0165. The van der Waals surface area contributed by atoms with Gasteiger partial charge in [-0.2, -0.15) is 16.8 Å². The molecule has 4 aliphatic rings. The molecule has 2 bridgehead atoms. The van der Waals surface area contributed by atoms with E-state index in [1.807, 2.05) is 13.8 Å². The van der Waals surface area contributed by atoms with E-state index in [1.54, 1.807) is 24.3 Å². The summed E-state index contributed by atoms with van der Waals surface area (Å²) in [5.41, 5.74) is 1.92. The van der Waals surface area contributed by atoms with Crippen LogP contribution in [-0.4, -0.2) is 30.0 Å². The molecule has 2 aromatic carbocycles. The van der Waals surface area contributed by atoms with Gasteiger partial charge in [-0.1, -0.05) is 59.7 Å². The van der Waals surface area contributed by atoms with E-state index >= 15 is 0 Å². The second-order valence-electron chi connectivity index (χ2n) is 9.51. The molecule has 6 rings (SSSR count). The van der Waals surface area contributed by atoms with E-state index in [2.05, 4.69) is 24.3 Å². The number of aryl methyl sites for hydroxylation is 2. The van der Waals surface area contributed by atoms with Crippen LogP contribution < -0.4 is 0 Å². The Labute approximate surface area is 201 Å². The van der Waals surface area contributed by atoms with Crippen molar-refractivity contribution < 1.29 is 25.2 Å². The molecular formula is C26H28O6S2. The van der Waals surface area contributed by atoms with Gasteiger partial charge in [-0.25, -0.2) is 0 Å². The molecule has 8 heteroatoms. The Bertz CT molecular complexity index is 1220. The van der Waals surface area contributed by atoms with Crippen molar-refractivity contribution in [3.63, 3.8) is 0 Å². The van der Waals surface area contributed by atoms with Crippen molar-refractivity contribution >= 4 is 20.2 Å². The number of hydrogen-bond acceptors (Lipinski definition) is 6. The van der Waals surface area contributed by atoms with Crippen LogP contribution in [0.25, 0.3) is 0 Å². The third kappa shape index (κ3) is 4.28. The lowest BCUT2D eigenvalue weighted by atomic mass is 9.50. The topological polar surface area (TPSA) is 86.7 Å². The van der Waals surface area contributed by atoms with Crippen molar-refractivity contribution in [2.24, 2.45) is 35.5 Å². The molecule has 0 saturated heterocycles. The number of rotatable bonds is 8. The minimum atomic E-state index is -3.92. The number of benzene rings is 2. The van der Waals surface area contributed by atoms with Crippen LogP contribution in [0.5, 0.6) is 0 Å². The van der Waals surface area contributed by atoms with Crippen LogP contribution in [0.1, 0.15) is 11.1 Å². The Kier molecular flexibility index (Phi) is 6.04. The quantitative estimate of drug-likeness (QED) is 0.398. The highest BCUT2D eigenvalue weighted by molar-refractivity contribution is 7.87. The van der Waals surface area contributed by atoms with E-state index in [-0.39, 0.29) is 46.7 Å². The molecular weight excluding hydrogens is 472 g/mol. The molecule has 0 aliphatic heterocycles. The Balaban J connectivity index is 1.34. The Morgan fingerprint density at radius 3 is 1.21 bits per heavy atom. The molecule has 0 heterocycles. The van der Waals surface area contributed by atoms with E-state index in [4.69, 9.17) is 8.37 Å². The molecule has 180 valence electrons. The van der Waals surface area contributed by atoms with Gasteiger partial charge < -0.3 is 0 Å². The molecule has 2 aromatic rings. The summed E-state index contributed by atoms with van der Waals surface area (Å²) in [7, 11) is -7.84. The molecule has 1 saturated carbocycles. The molecule has 0 aromatic heterocycles. The average molecular weight is 501 g/mol. The van der Waals surface area contributed by atoms with Gasteiger partial charge in [-0.3, -0.25) is 8.37 Å². The van der Waals surface area contributed by atoms with Gasteiger partial charge in [0.15, 0.2) is 0 Å². The summed E-state index contributed by atoms with van der Waals surface area (Å²) in [5.74, 6) is 0.489. The van der Waals surface area contributed by atoms with Crippen molar-refractivity contribution in [2.75, 3.05) is 13.2 Å². The van der Waals surface area contributed by atoms with Crippen molar-refractivity contribution in [3.05, 3.63) is 84.0 Å². The van der Waals surface area contributed by atoms with Crippen LogP contribution in [0.15, 0.2) is 82.6 Å². The predicted molar refractivity (Wildman–Crippen MR) is 128 cm³/mol. The zero-order valence-electron chi connectivity index (χ0n) is 19.1. The molecule has 6 nitrogen and oxygen atoms in total. The normalized spacial score (nSPS) is 29.6. The molecule has 34 heavy (non-hydrogen) atoms. The van der Waals surface area contributed by atoms with E-state index in [0.717, 1.165) is 11.1 Å². The fourth-order valence-electron chi connectivity index (χ4n) is 5.43. The van der Waals surface area contributed by atoms with Crippen molar-refractivity contribution in [1.82, 2.24) is 0 Å². The third-order valence-corrected chi connectivity index (χ3v) is 10.0. The highest BCUT2D eigenvalue weighted by Crippen LogP contribution is 2.56. The zero-order chi connectivity index (χ0) is 24.1. The van der Waals surface area contributed by atoms with Crippen LogP contribution in [0.4, 0.5) is 0 Å². The summed E-state index contributed by atoms with van der Waals surface area (Å²) in [6, 6.07) is 13.1. The molecule has 4 aliphatic carbocycles. The first-order chi connectivity index (χ1) is 16.2. The number of fused-ring (bicyclic) bond motifs is 1. The van der Waals surface area contributed by atoms with Gasteiger partial charge in [0.2, 0.25) is 0 Å². The third-order valence-electron chi connectivity index (χ3n) is 7.43. The lowest BCUT2D eigenvalue weighted by Gasteiger charge is -2.55. The lowest BCUT2D eigenvalue weighted by Crippen LogP contribution is -2.52. The van der Waals surface area contributed by atoms with E-state index in [9.17, 15) is 16.8 Å².